The second-order valence-corrected chi connectivity index (χ2v) is 9.56. The molecule has 2 N–H and O–H groups in total. The van der Waals surface area contributed by atoms with Gasteiger partial charge in [0.2, 0.25) is 0 Å². The Balaban J connectivity index is 0.00000612. The van der Waals surface area contributed by atoms with Gasteiger partial charge in [-0.1, -0.05) is 27.7 Å². The fourth-order valence-electron chi connectivity index (χ4n) is 3.51. The molecule has 0 radical (unpaired) electrons. The summed E-state index contributed by atoms with van der Waals surface area (Å²) in [5, 5.41) is 7.57. The summed E-state index contributed by atoms with van der Waals surface area (Å²) in [7, 11) is 4.46. The molecule has 9 nitrogen and oxygen atoms in total. The number of amides is 2. The van der Waals surface area contributed by atoms with Gasteiger partial charge in [0.25, 0.3) is 11.8 Å². The van der Waals surface area contributed by atoms with Crippen LogP contribution >= 0.6 is 23.7 Å². The Morgan fingerprint density at radius 2 is 1.51 bits per heavy atom. The molecular weight excluding hydrogens is 492 g/mol. The molecule has 0 unspecified atom stereocenters. The third kappa shape index (κ3) is 9.19. The molecule has 0 bridgehead atoms. The lowest BCUT2D eigenvalue weighted by atomic mass is 10.1. The summed E-state index contributed by atoms with van der Waals surface area (Å²) in [6, 6.07) is 3.12. The first-order valence-electron chi connectivity index (χ1n) is 11.3. The van der Waals surface area contributed by atoms with Crippen molar-refractivity contribution in [3.63, 3.8) is 0 Å². The van der Waals surface area contributed by atoms with E-state index in [1.54, 1.807) is 11.4 Å². The number of halogens is 1. The van der Waals surface area contributed by atoms with E-state index in [-0.39, 0.29) is 29.6 Å². The Bertz CT molecular complexity index is 957. The highest BCUT2D eigenvalue weighted by atomic mass is 35.5. The molecule has 0 aliphatic carbocycles. The lowest BCUT2D eigenvalue weighted by Gasteiger charge is -2.26. The van der Waals surface area contributed by atoms with Gasteiger partial charge in [-0.3, -0.25) is 14.9 Å². The maximum absolute atomic E-state index is 12.8. The van der Waals surface area contributed by atoms with E-state index in [0.29, 0.717) is 40.8 Å². The first kappa shape index (κ1) is 30.5. The Labute approximate surface area is 217 Å². The highest BCUT2D eigenvalue weighted by Gasteiger charge is 2.20. The molecule has 0 aliphatic rings. The second kappa shape index (κ2) is 14.8. The van der Waals surface area contributed by atoms with Crippen LogP contribution in [0.25, 0.3) is 0 Å². The largest absolute Gasteiger partial charge is 0.496 e. The first-order chi connectivity index (χ1) is 16.2. The van der Waals surface area contributed by atoms with Gasteiger partial charge in [-0.25, -0.2) is 4.98 Å². The Morgan fingerprint density at radius 3 is 2.06 bits per heavy atom. The molecule has 0 spiro atoms. The van der Waals surface area contributed by atoms with Crippen molar-refractivity contribution in [2.45, 2.75) is 27.7 Å². The second-order valence-electron chi connectivity index (χ2n) is 8.70. The van der Waals surface area contributed by atoms with Crippen molar-refractivity contribution in [3.05, 3.63) is 28.8 Å². The molecule has 0 fully saturated rings. The fraction of sp³-hybridized carbons (Fsp3) is 0.542. The quantitative estimate of drug-likeness (QED) is 0.402. The van der Waals surface area contributed by atoms with Crippen LogP contribution < -0.4 is 24.8 Å². The highest BCUT2D eigenvalue weighted by molar-refractivity contribution is 7.14. The van der Waals surface area contributed by atoms with E-state index in [1.807, 2.05) is 0 Å². The number of carbonyl (C=O) groups excluding carboxylic acids is 2. The summed E-state index contributed by atoms with van der Waals surface area (Å²) in [6.45, 7) is 12.0. The predicted octanol–water partition coefficient (Wildman–Crippen LogP) is 4.19. The average Bonchev–Trinajstić information content (AvgIpc) is 3.25. The van der Waals surface area contributed by atoms with Gasteiger partial charge < -0.3 is 24.4 Å². The number of nitrogens with one attached hydrogen (secondary N) is 2. The summed E-state index contributed by atoms with van der Waals surface area (Å²) in [6.07, 6.45) is 0. The number of carbonyl (C=O) groups is 2. The lowest BCUT2D eigenvalue weighted by Crippen LogP contribution is -2.38. The van der Waals surface area contributed by atoms with E-state index in [4.69, 9.17) is 14.2 Å². The average molecular weight is 529 g/mol. The summed E-state index contributed by atoms with van der Waals surface area (Å²) in [5.74, 6) is 1.59. The van der Waals surface area contributed by atoms with Gasteiger partial charge in [0.15, 0.2) is 16.6 Å². The summed E-state index contributed by atoms with van der Waals surface area (Å²) in [4.78, 5) is 32.0. The van der Waals surface area contributed by atoms with Crippen molar-refractivity contribution in [3.8, 4) is 17.2 Å². The Kier molecular flexibility index (Phi) is 12.8. The SMILES string of the molecule is COc1cc(OC)c(C(=O)Nc2nc(C(=O)NCCN(CC(C)C)CC(C)C)cs2)cc1OC.Cl. The van der Waals surface area contributed by atoms with E-state index >= 15 is 0 Å². The molecule has 11 heteroatoms. The van der Waals surface area contributed by atoms with Crippen LogP contribution in [0.4, 0.5) is 5.13 Å². The summed E-state index contributed by atoms with van der Waals surface area (Å²) < 4.78 is 15.8. The zero-order valence-corrected chi connectivity index (χ0v) is 23.1. The molecule has 0 atom stereocenters. The van der Waals surface area contributed by atoms with Crippen LogP contribution in [0.15, 0.2) is 17.5 Å². The molecule has 196 valence electrons. The summed E-state index contributed by atoms with van der Waals surface area (Å²) in [5.41, 5.74) is 0.524. The van der Waals surface area contributed by atoms with Crippen LogP contribution in [0.5, 0.6) is 17.2 Å². The van der Waals surface area contributed by atoms with Crippen LogP contribution in [0.2, 0.25) is 0 Å². The van der Waals surface area contributed by atoms with E-state index in [0.717, 1.165) is 19.6 Å². The minimum absolute atomic E-state index is 0. The standard InChI is InChI=1S/C24H36N4O5S.ClH/c1-15(2)12-28(13-16(3)4)9-8-25-23(30)18-14-34-24(26-18)27-22(29)17-10-20(32-6)21(33-7)11-19(17)31-5;/h10-11,14-16H,8-9,12-13H2,1-7H3,(H,25,30)(H,26,27,29);1H. The fourth-order valence-corrected chi connectivity index (χ4v) is 4.20. The van der Waals surface area contributed by atoms with E-state index in [9.17, 15) is 9.59 Å². The predicted molar refractivity (Wildman–Crippen MR) is 142 cm³/mol. The van der Waals surface area contributed by atoms with Gasteiger partial charge in [0, 0.05) is 43.7 Å². The smallest absolute Gasteiger partial charge is 0.270 e. The van der Waals surface area contributed by atoms with E-state index in [2.05, 4.69) is 48.2 Å². The molecular formula is C24H37ClN4O5S. The Morgan fingerprint density at radius 1 is 0.943 bits per heavy atom. The third-order valence-corrected chi connectivity index (χ3v) is 5.63. The van der Waals surface area contributed by atoms with Gasteiger partial charge in [-0.2, -0.15) is 0 Å². The number of nitrogens with zero attached hydrogens (tertiary/aromatic N) is 2. The summed E-state index contributed by atoms with van der Waals surface area (Å²) >= 11 is 1.18. The third-order valence-electron chi connectivity index (χ3n) is 4.87. The van der Waals surface area contributed by atoms with Crippen LogP contribution in [0.1, 0.15) is 48.5 Å². The van der Waals surface area contributed by atoms with Crippen molar-refractivity contribution in [2.75, 3.05) is 52.8 Å². The van der Waals surface area contributed by atoms with E-state index in [1.165, 1.54) is 38.7 Å². The molecule has 0 aliphatic heterocycles. The number of hydrogen-bond donors (Lipinski definition) is 2. The maximum atomic E-state index is 12.8. The zero-order chi connectivity index (χ0) is 25.3. The molecule has 1 aromatic heterocycles. The van der Waals surface area contributed by atoms with Crippen molar-refractivity contribution in [2.24, 2.45) is 11.8 Å². The number of aromatic nitrogens is 1. The number of ether oxygens (including phenoxy) is 3. The molecule has 2 amide bonds. The van der Waals surface area contributed by atoms with Crippen LogP contribution in [0, 0.1) is 11.8 Å². The zero-order valence-electron chi connectivity index (χ0n) is 21.5. The molecule has 35 heavy (non-hydrogen) atoms. The monoisotopic (exact) mass is 528 g/mol. The topological polar surface area (TPSA) is 102 Å². The number of benzene rings is 1. The lowest BCUT2D eigenvalue weighted by molar-refractivity contribution is 0.0940. The Hall–Kier alpha value is -2.56. The number of hydrogen-bond acceptors (Lipinski definition) is 8. The molecule has 1 aromatic carbocycles. The minimum atomic E-state index is -0.433. The number of anilines is 1. The number of rotatable bonds is 13. The molecule has 0 saturated carbocycles. The van der Waals surface area contributed by atoms with Crippen molar-refractivity contribution in [1.82, 2.24) is 15.2 Å². The van der Waals surface area contributed by atoms with Crippen LogP contribution in [0.3, 0.4) is 0 Å². The molecule has 2 aromatic rings. The minimum Gasteiger partial charge on any atom is -0.496 e. The van der Waals surface area contributed by atoms with Crippen molar-refractivity contribution in [1.29, 1.82) is 0 Å². The number of thiazole rings is 1. The van der Waals surface area contributed by atoms with Crippen molar-refractivity contribution >= 4 is 40.7 Å². The van der Waals surface area contributed by atoms with Crippen LogP contribution in [-0.2, 0) is 0 Å². The molecule has 0 saturated heterocycles. The normalized spacial score (nSPS) is 10.8. The molecule has 2 rings (SSSR count). The van der Waals surface area contributed by atoms with Gasteiger partial charge >= 0.3 is 0 Å². The first-order valence-corrected chi connectivity index (χ1v) is 12.1. The van der Waals surface area contributed by atoms with Gasteiger partial charge in [0.1, 0.15) is 11.4 Å². The number of methoxy groups -OCH3 is 3. The van der Waals surface area contributed by atoms with E-state index < -0.39 is 5.91 Å². The van der Waals surface area contributed by atoms with Gasteiger partial charge in [0.05, 0.1) is 26.9 Å². The van der Waals surface area contributed by atoms with Crippen LogP contribution in [-0.4, -0.2) is 69.2 Å². The maximum Gasteiger partial charge on any atom is 0.270 e. The highest BCUT2D eigenvalue weighted by Crippen LogP contribution is 2.35. The van der Waals surface area contributed by atoms with Gasteiger partial charge in [-0.05, 0) is 11.8 Å². The van der Waals surface area contributed by atoms with Crippen molar-refractivity contribution < 1.29 is 23.8 Å². The van der Waals surface area contributed by atoms with Gasteiger partial charge in [-0.15, -0.1) is 23.7 Å². The molecule has 1 heterocycles.